The summed E-state index contributed by atoms with van der Waals surface area (Å²) in [5.74, 6) is 13.2. The summed E-state index contributed by atoms with van der Waals surface area (Å²) in [6, 6.07) is 26.9. The number of piperidine rings is 2. The molecular formula is C49H62N8O6. The van der Waals surface area contributed by atoms with Crippen molar-refractivity contribution in [2.24, 2.45) is 17.5 Å². The van der Waals surface area contributed by atoms with Gasteiger partial charge in [0.25, 0.3) is 17.7 Å². The molecule has 4 aromatic carbocycles. The number of nitrogens with two attached hydrogens (primary N) is 3. The first kappa shape index (κ1) is 50.9. The van der Waals surface area contributed by atoms with E-state index in [9.17, 15) is 19.2 Å². The van der Waals surface area contributed by atoms with Crippen LogP contribution in [-0.2, 0) is 17.6 Å². The molecule has 2 heterocycles. The van der Waals surface area contributed by atoms with Crippen LogP contribution in [0.5, 0.6) is 0 Å². The Morgan fingerprint density at radius 1 is 0.667 bits per heavy atom. The Kier molecular flexibility index (Phi) is 20.6. The number of nitrogen functional groups attached to an aromatic ring is 1. The summed E-state index contributed by atoms with van der Waals surface area (Å²) in [7, 11) is 1.35. The number of benzene rings is 4. The summed E-state index contributed by atoms with van der Waals surface area (Å²) in [4.78, 5) is 54.3. The van der Waals surface area contributed by atoms with Crippen molar-refractivity contribution in [1.29, 1.82) is 10.5 Å². The summed E-state index contributed by atoms with van der Waals surface area (Å²) in [5, 5.41) is 25.5. The largest absolute Gasteiger partial charge is 0.465 e. The van der Waals surface area contributed by atoms with E-state index in [0.717, 1.165) is 54.4 Å². The quantitative estimate of drug-likeness (QED) is 0.0586. The van der Waals surface area contributed by atoms with Crippen LogP contribution in [0.3, 0.4) is 0 Å². The molecule has 63 heavy (non-hydrogen) atoms. The van der Waals surface area contributed by atoms with E-state index in [0.29, 0.717) is 77.8 Å². The molecule has 2 aliphatic heterocycles. The van der Waals surface area contributed by atoms with Gasteiger partial charge < -0.3 is 19.6 Å². The molecule has 8 N–H and O–H groups in total. The van der Waals surface area contributed by atoms with Crippen LogP contribution in [0.2, 0.25) is 0 Å². The Bertz CT molecular complexity index is 2090. The van der Waals surface area contributed by atoms with Crippen molar-refractivity contribution < 1.29 is 29.0 Å². The van der Waals surface area contributed by atoms with Crippen molar-refractivity contribution in [3.8, 4) is 12.1 Å². The number of nitrogens with one attached hydrogen (secondary N) is 1. The minimum absolute atomic E-state index is 0.0229. The number of ether oxygens (including phenoxy) is 1. The van der Waals surface area contributed by atoms with Crippen LogP contribution in [0.15, 0.2) is 72.8 Å². The molecule has 0 atom stereocenters. The summed E-state index contributed by atoms with van der Waals surface area (Å²) in [6.07, 6.45) is 4.96. The second kappa shape index (κ2) is 25.5. The van der Waals surface area contributed by atoms with Crippen molar-refractivity contribution >= 4 is 23.7 Å². The molecule has 334 valence electrons. The number of rotatable bonds is 8. The monoisotopic (exact) mass is 858 g/mol. The molecule has 14 heteroatoms. The first-order valence-electron chi connectivity index (χ1n) is 21.3. The number of nitriles is 2. The van der Waals surface area contributed by atoms with Crippen LogP contribution >= 0.6 is 0 Å². The van der Waals surface area contributed by atoms with Gasteiger partial charge in [0.15, 0.2) is 0 Å². The lowest BCUT2D eigenvalue weighted by molar-refractivity contribution is 0.0599. The SMILES string of the molecule is CCO.CCc1cc(C)c(C(=O)NN)cc1C(=O)N1CCC(c2ccc(C#N)cc2)CC1.CCc1cc(C)c(C(=O)OC)cc1C(=O)N1CCC(c2ccc(C#N)cc2)CC1.NN. The third-order valence-electron chi connectivity index (χ3n) is 11.5. The number of carbonyl (C=O) groups excluding carboxylic acids is 4. The maximum atomic E-state index is 13.2. The minimum Gasteiger partial charge on any atom is -0.465 e. The second-order valence-electron chi connectivity index (χ2n) is 15.2. The maximum absolute atomic E-state index is 13.2. The fourth-order valence-electron chi connectivity index (χ4n) is 8.00. The topological polar surface area (TPSA) is 242 Å². The van der Waals surface area contributed by atoms with Gasteiger partial charge in [0.2, 0.25) is 0 Å². The highest BCUT2D eigenvalue weighted by molar-refractivity contribution is 6.02. The molecule has 2 saturated heterocycles. The zero-order valence-corrected chi connectivity index (χ0v) is 37.4. The molecule has 3 amide bonds. The predicted molar refractivity (Wildman–Crippen MR) is 243 cm³/mol. The highest BCUT2D eigenvalue weighted by Gasteiger charge is 2.28. The molecule has 6 rings (SSSR count). The normalized spacial score (nSPS) is 13.6. The third-order valence-corrected chi connectivity index (χ3v) is 11.5. The van der Waals surface area contributed by atoms with Crippen LogP contribution < -0.4 is 23.0 Å². The van der Waals surface area contributed by atoms with Gasteiger partial charge >= 0.3 is 5.97 Å². The first-order valence-corrected chi connectivity index (χ1v) is 21.3. The summed E-state index contributed by atoms with van der Waals surface area (Å²) in [6.45, 7) is 12.3. The number of amides is 3. The van der Waals surface area contributed by atoms with E-state index < -0.39 is 11.9 Å². The number of hydrogen-bond donors (Lipinski definition) is 5. The lowest BCUT2D eigenvalue weighted by atomic mass is 9.88. The standard InChI is InChI=1S/C24H26N2O3.C23H26N4O2.C2H6O.H4N2/c1-4-18-13-16(2)21(24(28)29-3)14-22(18)23(27)26-11-9-20(10-12-26)19-7-5-17(15-25)6-8-19;1-3-17-12-15(2)20(22(28)26-25)13-21(17)23(29)27-10-8-19(9-11-27)18-6-4-16(14-24)5-7-18;1-2-3;1-2/h5-8,13-14,20H,4,9-12H2,1-3H3;4-7,12-13,19H,3,8-11,25H2,1-2H3,(H,26,28);3H,2H2,1H3;1-2H2. The van der Waals surface area contributed by atoms with Gasteiger partial charge in [-0.25, -0.2) is 10.6 Å². The average Bonchev–Trinajstić information content (AvgIpc) is 3.34. The van der Waals surface area contributed by atoms with Crippen molar-refractivity contribution in [1.82, 2.24) is 15.2 Å². The van der Waals surface area contributed by atoms with Crippen molar-refractivity contribution in [2.75, 3.05) is 39.9 Å². The Labute approximate surface area is 371 Å². The Hall–Kier alpha value is -6.42. The zero-order chi connectivity index (χ0) is 46.6. The van der Waals surface area contributed by atoms with Crippen LogP contribution in [0.1, 0.15) is 144 Å². The molecule has 14 nitrogen and oxygen atoms in total. The number of carbonyl (C=O) groups is 4. The van der Waals surface area contributed by atoms with Gasteiger partial charge in [0.05, 0.1) is 35.9 Å². The molecular weight excluding hydrogens is 797 g/mol. The number of esters is 1. The molecule has 0 aromatic heterocycles. The van der Waals surface area contributed by atoms with Gasteiger partial charge in [-0.2, -0.15) is 10.5 Å². The Balaban J connectivity index is 0.000000304. The van der Waals surface area contributed by atoms with Crippen LogP contribution in [-0.4, -0.2) is 78.5 Å². The molecule has 0 saturated carbocycles. The second-order valence-corrected chi connectivity index (χ2v) is 15.2. The van der Waals surface area contributed by atoms with Crippen LogP contribution in [0.25, 0.3) is 0 Å². The van der Waals surface area contributed by atoms with E-state index >= 15 is 0 Å². The number of hydrazine groups is 2. The molecule has 0 spiro atoms. The van der Waals surface area contributed by atoms with Crippen molar-refractivity contribution in [3.05, 3.63) is 140 Å². The smallest absolute Gasteiger partial charge is 0.338 e. The van der Waals surface area contributed by atoms with Gasteiger partial charge in [-0.1, -0.05) is 50.2 Å². The number of aliphatic hydroxyl groups is 1. The van der Waals surface area contributed by atoms with E-state index in [-0.39, 0.29) is 18.4 Å². The van der Waals surface area contributed by atoms with Crippen LogP contribution in [0, 0.1) is 36.5 Å². The first-order chi connectivity index (χ1) is 30.4. The zero-order valence-electron chi connectivity index (χ0n) is 37.4. The van der Waals surface area contributed by atoms with E-state index in [1.54, 1.807) is 19.1 Å². The van der Waals surface area contributed by atoms with E-state index in [2.05, 4.69) is 29.2 Å². The number of nitrogens with zero attached hydrogens (tertiary/aromatic N) is 4. The molecule has 0 radical (unpaired) electrons. The lowest BCUT2D eigenvalue weighted by Crippen LogP contribution is -2.38. The van der Waals surface area contributed by atoms with E-state index in [4.69, 9.17) is 26.2 Å². The maximum Gasteiger partial charge on any atom is 0.338 e. The molecule has 0 aliphatic carbocycles. The van der Waals surface area contributed by atoms with Gasteiger partial charge in [0.1, 0.15) is 0 Å². The fourth-order valence-corrected chi connectivity index (χ4v) is 8.00. The molecule has 2 fully saturated rings. The molecule has 4 aromatic rings. The summed E-state index contributed by atoms with van der Waals surface area (Å²) in [5.41, 5.74) is 11.5. The number of aliphatic hydroxyl groups excluding tert-OH is 1. The Morgan fingerprint density at radius 3 is 1.33 bits per heavy atom. The third kappa shape index (κ3) is 13.3. The number of likely N-dealkylation sites (tertiary alicyclic amines) is 2. The van der Waals surface area contributed by atoms with E-state index in [1.807, 2.05) is 98.2 Å². The van der Waals surface area contributed by atoms with Crippen molar-refractivity contribution in [2.45, 2.75) is 85.0 Å². The highest BCUT2D eigenvalue weighted by atomic mass is 16.5. The van der Waals surface area contributed by atoms with E-state index in [1.165, 1.54) is 18.2 Å². The lowest BCUT2D eigenvalue weighted by Gasteiger charge is -2.33. The van der Waals surface area contributed by atoms with Gasteiger partial charge in [-0.15, -0.1) is 0 Å². The van der Waals surface area contributed by atoms with Gasteiger partial charge in [-0.3, -0.25) is 31.5 Å². The highest BCUT2D eigenvalue weighted by Crippen LogP contribution is 2.31. The number of hydrogen-bond acceptors (Lipinski definition) is 11. The molecule has 0 unspecified atom stereocenters. The fraction of sp³-hybridized carbons (Fsp3) is 0.388. The number of methoxy groups -OCH3 is 1. The molecule has 0 bridgehead atoms. The van der Waals surface area contributed by atoms with Crippen molar-refractivity contribution in [3.63, 3.8) is 0 Å². The molecule has 2 aliphatic rings. The number of aryl methyl sites for hydroxylation is 4. The predicted octanol–water partition coefficient (Wildman–Crippen LogP) is 6.11. The minimum atomic E-state index is -0.418. The van der Waals surface area contributed by atoms with Gasteiger partial charge in [0, 0.05) is 49.5 Å². The van der Waals surface area contributed by atoms with Crippen LogP contribution in [0.4, 0.5) is 0 Å². The Morgan fingerprint density at radius 2 is 1.02 bits per heavy atom. The summed E-state index contributed by atoms with van der Waals surface area (Å²) >= 11 is 0. The summed E-state index contributed by atoms with van der Waals surface area (Å²) < 4.78 is 4.87. The average molecular weight is 859 g/mol. The van der Waals surface area contributed by atoms with Gasteiger partial charge in [-0.05, 0) is 141 Å².